The van der Waals surface area contributed by atoms with Crippen LogP contribution in [0.15, 0.2) is 48.5 Å². The van der Waals surface area contributed by atoms with Crippen LogP contribution < -0.4 is 4.90 Å². The fourth-order valence-electron chi connectivity index (χ4n) is 4.31. The summed E-state index contributed by atoms with van der Waals surface area (Å²) in [5.74, 6) is -1.80. The van der Waals surface area contributed by atoms with Gasteiger partial charge in [-0.1, -0.05) is 41.9 Å². The molecule has 1 aliphatic heterocycles. The average Bonchev–Trinajstić information content (AvgIpc) is 2.92. The zero-order valence-corrected chi connectivity index (χ0v) is 15.5. The van der Waals surface area contributed by atoms with Crippen LogP contribution in [0.2, 0.25) is 5.02 Å². The van der Waals surface area contributed by atoms with Crippen LogP contribution in [0.5, 0.6) is 0 Å². The first-order chi connectivity index (χ1) is 13.3. The summed E-state index contributed by atoms with van der Waals surface area (Å²) in [5, 5.41) is -0.0482. The average molecular weight is 408 g/mol. The number of fused-ring (bicyclic) bond motifs is 1. The Bertz CT molecular complexity index is 929. The quantitative estimate of drug-likeness (QED) is 0.622. The molecule has 28 heavy (non-hydrogen) atoms. The molecule has 0 radical (unpaired) electrons. The summed E-state index contributed by atoms with van der Waals surface area (Å²) >= 11 is 6.07. The number of carbonyl (C=O) groups is 2. The summed E-state index contributed by atoms with van der Waals surface area (Å²) in [4.78, 5) is 26.7. The van der Waals surface area contributed by atoms with E-state index in [9.17, 15) is 22.8 Å². The number of alkyl halides is 3. The highest BCUT2D eigenvalue weighted by atomic mass is 35.5. The Hall–Kier alpha value is -2.34. The van der Waals surface area contributed by atoms with Gasteiger partial charge in [0.1, 0.15) is 0 Å². The Labute approximate surface area is 165 Å². The number of hydrogen-bond donors (Lipinski definition) is 0. The lowest BCUT2D eigenvalue weighted by atomic mass is 9.73. The second kappa shape index (κ2) is 6.92. The summed E-state index contributed by atoms with van der Waals surface area (Å²) in [6.45, 7) is 0. The molecule has 3 atom stereocenters. The minimum Gasteiger partial charge on any atom is -0.274 e. The van der Waals surface area contributed by atoms with Crippen molar-refractivity contribution in [2.45, 2.75) is 31.4 Å². The Balaban J connectivity index is 1.65. The number of benzene rings is 2. The number of amides is 2. The van der Waals surface area contributed by atoms with Crippen molar-refractivity contribution < 1.29 is 22.8 Å². The predicted molar refractivity (Wildman–Crippen MR) is 99.0 cm³/mol. The van der Waals surface area contributed by atoms with Gasteiger partial charge in [-0.25, -0.2) is 4.90 Å². The Morgan fingerprint density at radius 1 is 0.929 bits per heavy atom. The standard InChI is InChI=1S/C21H17ClF3NO2/c22-17-9-7-14(21(23,24)25)11-18(17)26-19(27)15-8-6-13(10-16(15)20(26)28)12-4-2-1-3-5-12/h1-5,7,9,11,13,15-16H,6,8,10H2/t13-,15-,16-/m1/s1. The fraction of sp³-hybridized carbons (Fsp3) is 0.333. The van der Waals surface area contributed by atoms with Crippen molar-refractivity contribution in [2.75, 3.05) is 4.90 Å². The molecule has 1 saturated carbocycles. The lowest BCUT2D eigenvalue weighted by molar-refractivity contribution is -0.137. The molecule has 2 aromatic carbocycles. The maximum absolute atomic E-state index is 13.1. The number of nitrogens with zero attached hydrogens (tertiary/aromatic N) is 1. The van der Waals surface area contributed by atoms with E-state index in [1.807, 2.05) is 30.3 Å². The van der Waals surface area contributed by atoms with Crippen molar-refractivity contribution in [1.82, 2.24) is 0 Å². The molecular formula is C21H17ClF3NO2. The topological polar surface area (TPSA) is 37.4 Å². The molecule has 0 unspecified atom stereocenters. The van der Waals surface area contributed by atoms with Gasteiger partial charge in [0, 0.05) is 0 Å². The molecule has 2 aromatic rings. The van der Waals surface area contributed by atoms with E-state index in [2.05, 4.69) is 0 Å². The zero-order valence-electron chi connectivity index (χ0n) is 14.7. The van der Waals surface area contributed by atoms with E-state index in [4.69, 9.17) is 11.6 Å². The maximum Gasteiger partial charge on any atom is 0.416 e. The minimum absolute atomic E-state index is 0.0482. The SMILES string of the molecule is O=C1[C@@H]2CC[C@@H](c3ccccc3)C[C@H]2C(=O)N1c1cc(C(F)(F)F)ccc1Cl. The van der Waals surface area contributed by atoms with Crippen molar-refractivity contribution in [3.05, 3.63) is 64.7 Å². The zero-order chi connectivity index (χ0) is 20.1. The predicted octanol–water partition coefficient (Wildman–Crippen LogP) is 5.43. The summed E-state index contributed by atoms with van der Waals surface area (Å²) in [6.07, 6.45) is -2.79. The highest BCUT2D eigenvalue weighted by molar-refractivity contribution is 6.36. The molecule has 1 aliphatic carbocycles. The molecule has 0 aromatic heterocycles. The van der Waals surface area contributed by atoms with Crippen molar-refractivity contribution in [1.29, 1.82) is 0 Å². The van der Waals surface area contributed by atoms with Crippen molar-refractivity contribution >= 4 is 29.1 Å². The lowest BCUT2D eigenvalue weighted by Gasteiger charge is -2.28. The molecule has 2 amide bonds. The summed E-state index contributed by atoms with van der Waals surface area (Å²) in [7, 11) is 0. The van der Waals surface area contributed by atoms with Crippen LogP contribution in [0, 0.1) is 11.8 Å². The monoisotopic (exact) mass is 407 g/mol. The van der Waals surface area contributed by atoms with Gasteiger partial charge in [0.2, 0.25) is 11.8 Å². The van der Waals surface area contributed by atoms with Crippen molar-refractivity contribution in [3.8, 4) is 0 Å². The third-order valence-electron chi connectivity index (χ3n) is 5.71. The fourth-order valence-corrected chi connectivity index (χ4v) is 4.51. The molecule has 2 fully saturated rings. The van der Waals surface area contributed by atoms with Gasteiger partial charge < -0.3 is 0 Å². The second-order valence-electron chi connectivity index (χ2n) is 7.31. The Kier molecular flexibility index (Phi) is 4.70. The third kappa shape index (κ3) is 3.20. The molecule has 0 bridgehead atoms. The van der Waals surface area contributed by atoms with E-state index in [1.54, 1.807) is 0 Å². The number of carbonyl (C=O) groups excluding carboxylic acids is 2. The van der Waals surface area contributed by atoms with E-state index in [0.29, 0.717) is 12.8 Å². The number of anilines is 1. The molecular weight excluding hydrogens is 391 g/mol. The van der Waals surface area contributed by atoms with Crippen LogP contribution in [0.3, 0.4) is 0 Å². The van der Waals surface area contributed by atoms with Crippen LogP contribution >= 0.6 is 11.6 Å². The van der Waals surface area contributed by atoms with E-state index >= 15 is 0 Å². The lowest BCUT2D eigenvalue weighted by Crippen LogP contribution is -2.31. The molecule has 0 N–H and O–H groups in total. The van der Waals surface area contributed by atoms with Gasteiger partial charge >= 0.3 is 6.18 Å². The number of hydrogen-bond acceptors (Lipinski definition) is 2. The van der Waals surface area contributed by atoms with Gasteiger partial charge in [-0.05, 0) is 48.9 Å². The second-order valence-corrected chi connectivity index (χ2v) is 7.72. The first-order valence-corrected chi connectivity index (χ1v) is 9.44. The molecule has 146 valence electrons. The van der Waals surface area contributed by atoms with Gasteiger partial charge in [0.15, 0.2) is 0 Å². The van der Waals surface area contributed by atoms with Crippen LogP contribution in [0.25, 0.3) is 0 Å². The van der Waals surface area contributed by atoms with Crippen LogP contribution in [-0.2, 0) is 15.8 Å². The van der Waals surface area contributed by atoms with Gasteiger partial charge in [0.05, 0.1) is 28.1 Å². The van der Waals surface area contributed by atoms with E-state index < -0.39 is 35.4 Å². The summed E-state index contributed by atoms with van der Waals surface area (Å²) < 4.78 is 39.3. The van der Waals surface area contributed by atoms with Crippen LogP contribution in [0.4, 0.5) is 18.9 Å². The van der Waals surface area contributed by atoms with Gasteiger partial charge in [-0.3, -0.25) is 9.59 Å². The third-order valence-corrected chi connectivity index (χ3v) is 6.03. The minimum atomic E-state index is -4.59. The first-order valence-electron chi connectivity index (χ1n) is 9.07. The van der Waals surface area contributed by atoms with Gasteiger partial charge in [-0.15, -0.1) is 0 Å². The number of halogens is 4. The highest BCUT2D eigenvalue weighted by Gasteiger charge is 2.51. The smallest absolute Gasteiger partial charge is 0.274 e. The molecule has 1 saturated heterocycles. The van der Waals surface area contributed by atoms with Crippen molar-refractivity contribution in [2.24, 2.45) is 11.8 Å². The van der Waals surface area contributed by atoms with Crippen molar-refractivity contribution in [3.63, 3.8) is 0 Å². The van der Waals surface area contributed by atoms with E-state index in [1.165, 1.54) is 0 Å². The van der Waals surface area contributed by atoms with Gasteiger partial charge in [-0.2, -0.15) is 13.2 Å². The van der Waals surface area contributed by atoms with Gasteiger partial charge in [0.25, 0.3) is 0 Å². The normalized spacial score (nSPS) is 25.1. The van der Waals surface area contributed by atoms with E-state index in [-0.39, 0.29) is 16.6 Å². The maximum atomic E-state index is 13.1. The Morgan fingerprint density at radius 2 is 1.61 bits per heavy atom. The van der Waals surface area contributed by atoms with E-state index in [0.717, 1.165) is 35.1 Å². The molecule has 7 heteroatoms. The van der Waals surface area contributed by atoms with Crippen LogP contribution in [0.1, 0.15) is 36.3 Å². The summed E-state index contributed by atoms with van der Waals surface area (Å²) in [6, 6.07) is 12.5. The van der Waals surface area contributed by atoms with Crippen LogP contribution in [-0.4, -0.2) is 11.8 Å². The first kappa shape index (κ1) is 19.0. The number of rotatable bonds is 2. The molecule has 1 heterocycles. The highest BCUT2D eigenvalue weighted by Crippen LogP contribution is 2.47. The molecule has 3 nitrogen and oxygen atoms in total. The number of imide groups is 1. The molecule has 2 aliphatic rings. The Morgan fingerprint density at radius 3 is 2.29 bits per heavy atom. The molecule has 4 rings (SSSR count). The molecule has 0 spiro atoms. The summed E-state index contributed by atoms with van der Waals surface area (Å²) in [5.41, 5.74) is -0.0153. The largest absolute Gasteiger partial charge is 0.416 e.